The molecule has 0 amide bonds. The maximum absolute atomic E-state index is 9.88. The molecule has 122 valence electrons. The third-order valence-corrected chi connectivity index (χ3v) is 6.58. The summed E-state index contributed by atoms with van der Waals surface area (Å²) in [6.07, 6.45) is 7.78. The van der Waals surface area contributed by atoms with Crippen LogP contribution in [0, 0.1) is 34.5 Å². The van der Waals surface area contributed by atoms with Gasteiger partial charge in [0.25, 0.3) is 0 Å². The van der Waals surface area contributed by atoms with Crippen molar-refractivity contribution in [2.75, 3.05) is 6.61 Å². The van der Waals surface area contributed by atoms with E-state index in [1.54, 1.807) is 0 Å². The van der Waals surface area contributed by atoms with E-state index in [0.29, 0.717) is 0 Å². The fourth-order valence-corrected chi connectivity index (χ4v) is 6.02. The average molecular weight is 310 g/mol. The molecule has 0 saturated heterocycles. The molecule has 0 spiro atoms. The second-order valence-corrected chi connectivity index (χ2v) is 8.15. The summed E-state index contributed by atoms with van der Waals surface area (Å²) in [4.78, 5) is 0. The zero-order chi connectivity index (χ0) is 15.9. The smallest absolute Gasteiger partial charge is 0.102 e. The highest BCUT2D eigenvalue weighted by molar-refractivity contribution is 5.21. The Bertz CT molecular complexity index is 556. The Balaban J connectivity index is 1.56. The van der Waals surface area contributed by atoms with Gasteiger partial charge in [-0.3, -0.25) is 5.32 Å². The maximum atomic E-state index is 9.88. The van der Waals surface area contributed by atoms with Crippen LogP contribution >= 0.6 is 0 Å². The van der Waals surface area contributed by atoms with E-state index in [4.69, 9.17) is 0 Å². The lowest BCUT2D eigenvalue weighted by molar-refractivity contribution is -0.0661. The molecule has 4 aliphatic carbocycles. The van der Waals surface area contributed by atoms with Gasteiger partial charge >= 0.3 is 0 Å². The zero-order valence-corrected chi connectivity index (χ0v) is 13.6. The highest BCUT2D eigenvalue weighted by Crippen LogP contribution is 2.61. The van der Waals surface area contributed by atoms with Gasteiger partial charge in [0, 0.05) is 0 Å². The first kappa shape index (κ1) is 15.2. The van der Waals surface area contributed by atoms with Gasteiger partial charge in [0.1, 0.15) is 6.04 Å². The van der Waals surface area contributed by atoms with Gasteiger partial charge in [-0.2, -0.15) is 5.26 Å². The molecule has 5 rings (SSSR count). The molecule has 4 saturated carbocycles. The van der Waals surface area contributed by atoms with Crippen LogP contribution in [-0.4, -0.2) is 17.8 Å². The van der Waals surface area contributed by atoms with Crippen molar-refractivity contribution >= 4 is 0 Å². The maximum Gasteiger partial charge on any atom is 0.102 e. The van der Waals surface area contributed by atoms with Crippen LogP contribution in [0.4, 0.5) is 0 Å². The van der Waals surface area contributed by atoms with Crippen molar-refractivity contribution in [1.82, 2.24) is 5.32 Å². The van der Waals surface area contributed by atoms with Crippen LogP contribution in [-0.2, 0) is 0 Å². The van der Waals surface area contributed by atoms with Gasteiger partial charge in [-0.1, -0.05) is 30.3 Å². The van der Waals surface area contributed by atoms with E-state index in [-0.39, 0.29) is 24.1 Å². The molecule has 0 aliphatic heterocycles. The van der Waals surface area contributed by atoms with E-state index in [1.807, 2.05) is 30.3 Å². The molecule has 3 nitrogen and oxygen atoms in total. The zero-order valence-electron chi connectivity index (χ0n) is 13.6. The minimum absolute atomic E-state index is 0.0363. The lowest BCUT2D eigenvalue weighted by Gasteiger charge is -2.58. The number of aliphatic hydroxyl groups is 1. The third kappa shape index (κ3) is 2.69. The molecule has 4 bridgehead atoms. The molecule has 2 atom stereocenters. The van der Waals surface area contributed by atoms with Crippen molar-refractivity contribution in [2.24, 2.45) is 23.2 Å². The number of benzene rings is 1. The minimum atomic E-state index is -0.145. The van der Waals surface area contributed by atoms with Crippen LogP contribution in [0.25, 0.3) is 0 Å². The molecule has 0 aromatic heterocycles. The summed E-state index contributed by atoms with van der Waals surface area (Å²) in [5.74, 6) is 2.51. The molecule has 0 unspecified atom stereocenters. The van der Waals surface area contributed by atoms with Crippen molar-refractivity contribution in [2.45, 2.75) is 50.6 Å². The van der Waals surface area contributed by atoms with E-state index >= 15 is 0 Å². The molecule has 4 aliphatic rings. The van der Waals surface area contributed by atoms with E-state index < -0.39 is 0 Å². The number of nitrogens with one attached hydrogen (secondary N) is 1. The molecule has 2 N–H and O–H groups in total. The predicted molar refractivity (Wildman–Crippen MR) is 89.4 cm³/mol. The molecular formula is C20H26N2O. The van der Waals surface area contributed by atoms with Crippen molar-refractivity contribution in [3.8, 4) is 6.07 Å². The lowest BCUT2D eigenvalue weighted by atomic mass is 9.48. The average Bonchev–Trinajstić information content (AvgIpc) is 2.55. The minimum Gasteiger partial charge on any atom is -0.394 e. The first-order valence-corrected chi connectivity index (χ1v) is 9.04. The molecule has 0 heterocycles. The standard InChI is InChI=1S/C20H26N2O/c21-12-19(22-18(13-23)17-4-2-1-3-5-17)20-9-14-6-15(10-20)8-16(7-14)11-20/h1-5,14-16,18-19,22-23H,6-11,13H2/t14?,15?,16?,18-,19-,20?/m0/s1. The first-order chi connectivity index (χ1) is 11.2. The van der Waals surface area contributed by atoms with E-state index in [1.165, 1.54) is 38.5 Å². The quantitative estimate of drug-likeness (QED) is 0.876. The molecular weight excluding hydrogens is 284 g/mol. The largest absolute Gasteiger partial charge is 0.394 e. The van der Waals surface area contributed by atoms with Crippen molar-refractivity contribution < 1.29 is 5.11 Å². The number of nitrogens with zero attached hydrogens (tertiary/aromatic N) is 1. The van der Waals surface area contributed by atoms with Crippen molar-refractivity contribution in [3.05, 3.63) is 35.9 Å². The van der Waals surface area contributed by atoms with E-state index in [0.717, 1.165) is 23.3 Å². The Hall–Kier alpha value is -1.37. The number of aliphatic hydroxyl groups excluding tert-OH is 1. The number of hydrogen-bond donors (Lipinski definition) is 2. The molecule has 1 aromatic carbocycles. The van der Waals surface area contributed by atoms with Crippen molar-refractivity contribution in [3.63, 3.8) is 0 Å². The summed E-state index contributed by atoms with van der Waals surface area (Å²) in [5.41, 5.74) is 1.21. The van der Waals surface area contributed by atoms with Crippen LogP contribution in [0.1, 0.15) is 50.1 Å². The second kappa shape index (κ2) is 5.92. The summed E-state index contributed by atoms with van der Waals surface area (Å²) in [5, 5.41) is 23.2. The third-order valence-electron chi connectivity index (χ3n) is 6.58. The Morgan fingerprint density at radius 1 is 1.09 bits per heavy atom. The molecule has 23 heavy (non-hydrogen) atoms. The van der Waals surface area contributed by atoms with Crippen LogP contribution in [0.3, 0.4) is 0 Å². The Kier molecular flexibility index (Phi) is 3.91. The molecule has 3 heteroatoms. The highest BCUT2D eigenvalue weighted by atomic mass is 16.3. The Morgan fingerprint density at radius 2 is 1.65 bits per heavy atom. The van der Waals surface area contributed by atoms with Crippen LogP contribution < -0.4 is 5.32 Å². The summed E-state index contributed by atoms with van der Waals surface area (Å²) >= 11 is 0. The monoisotopic (exact) mass is 310 g/mol. The second-order valence-electron chi connectivity index (χ2n) is 8.15. The first-order valence-electron chi connectivity index (χ1n) is 9.04. The van der Waals surface area contributed by atoms with Crippen LogP contribution in [0.5, 0.6) is 0 Å². The number of rotatable bonds is 5. The van der Waals surface area contributed by atoms with Crippen LogP contribution in [0.2, 0.25) is 0 Å². The van der Waals surface area contributed by atoms with Gasteiger partial charge in [0.05, 0.1) is 18.7 Å². The van der Waals surface area contributed by atoms with E-state index in [9.17, 15) is 10.4 Å². The van der Waals surface area contributed by atoms with Gasteiger partial charge in [-0.15, -0.1) is 0 Å². The molecule has 4 fully saturated rings. The van der Waals surface area contributed by atoms with Gasteiger partial charge in [-0.25, -0.2) is 0 Å². The van der Waals surface area contributed by atoms with Crippen molar-refractivity contribution in [1.29, 1.82) is 5.26 Å². The normalized spacial score (nSPS) is 37.3. The van der Waals surface area contributed by atoms with Gasteiger partial charge in [0.2, 0.25) is 0 Å². The fraction of sp³-hybridized carbons (Fsp3) is 0.650. The van der Waals surface area contributed by atoms with E-state index in [2.05, 4.69) is 11.4 Å². The Labute approximate surface area is 138 Å². The summed E-state index contributed by atoms with van der Waals surface area (Å²) in [6, 6.07) is 12.3. The number of hydrogen-bond acceptors (Lipinski definition) is 3. The predicted octanol–water partition coefficient (Wildman–Crippen LogP) is 3.42. The SMILES string of the molecule is N#C[C@H](N[C@@H](CO)c1ccccc1)C12CC3CC(CC(C3)C1)C2. The number of nitriles is 1. The van der Waals surface area contributed by atoms with Gasteiger partial charge in [0.15, 0.2) is 0 Å². The summed E-state index contributed by atoms with van der Waals surface area (Å²) in [7, 11) is 0. The summed E-state index contributed by atoms with van der Waals surface area (Å²) in [6.45, 7) is 0.0363. The summed E-state index contributed by atoms with van der Waals surface area (Å²) < 4.78 is 0. The van der Waals surface area contributed by atoms with Gasteiger partial charge in [-0.05, 0) is 67.3 Å². The van der Waals surface area contributed by atoms with Crippen LogP contribution in [0.15, 0.2) is 30.3 Å². The fourth-order valence-electron chi connectivity index (χ4n) is 6.02. The highest BCUT2D eigenvalue weighted by Gasteiger charge is 2.54. The topological polar surface area (TPSA) is 56.0 Å². The molecule has 1 aromatic rings. The van der Waals surface area contributed by atoms with Gasteiger partial charge < -0.3 is 5.11 Å². The Morgan fingerprint density at radius 3 is 2.13 bits per heavy atom. The molecule has 0 radical (unpaired) electrons. The lowest BCUT2D eigenvalue weighted by Crippen LogP contribution is -2.56.